The highest BCUT2D eigenvalue weighted by Crippen LogP contribution is 2.34. The van der Waals surface area contributed by atoms with Crippen LogP contribution >= 0.6 is 0 Å². The van der Waals surface area contributed by atoms with Crippen LogP contribution in [-0.2, 0) is 6.54 Å². The molecule has 1 aliphatic rings. The molecule has 6 heterocycles. The number of halogens is 1. The molecule has 5 aromatic heterocycles. The minimum Gasteiger partial charge on any atom is -0.333 e. The number of likely N-dealkylation sites (tertiary alicyclic amines) is 1. The van der Waals surface area contributed by atoms with Gasteiger partial charge in [-0.05, 0) is 62.7 Å². The topological polar surface area (TPSA) is 104 Å². The molecule has 1 aliphatic heterocycles. The monoisotopic (exact) mass is 507 g/mol. The van der Waals surface area contributed by atoms with E-state index in [9.17, 15) is 0 Å². The smallest absolute Gasteiger partial charge is 0.180 e. The molecule has 0 saturated carbocycles. The van der Waals surface area contributed by atoms with E-state index in [1.165, 1.54) is 19.3 Å². The number of aromatic amines is 2. The number of H-pyrrole nitrogens is 2. The summed E-state index contributed by atoms with van der Waals surface area (Å²) in [6.07, 6.45) is 12.7. The number of pyridine rings is 2. The lowest BCUT2D eigenvalue weighted by molar-refractivity contribution is 0.220. The number of nitrogens with one attached hydrogen (secondary N) is 2. The molecule has 0 spiro atoms. The van der Waals surface area contributed by atoms with Gasteiger partial charge in [0.05, 0.1) is 28.6 Å². The highest BCUT2D eigenvalue weighted by atomic mass is 19.1. The van der Waals surface area contributed by atoms with Crippen molar-refractivity contribution in [1.82, 2.24) is 44.6 Å². The second-order valence-electron chi connectivity index (χ2n) is 9.88. The minimum absolute atomic E-state index is 0.359. The van der Waals surface area contributed by atoms with Crippen LogP contribution in [0.4, 0.5) is 4.39 Å². The van der Waals surface area contributed by atoms with Gasteiger partial charge in [-0.2, -0.15) is 5.10 Å². The average molecular weight is 508 g/mol. The van der Waals surface area contributed by atoms with Gasteiger partial charge in [-0.3, -0.25) is 15.0 Å². The summed E-state index contributed by atoms with van der Waals surface area (Å²) in [6, 6.07) is 7.55. The third-order valence-electron chi connectivity index (χ3n) is 7.21. The standard InChI is InChI=1S/C28H26FN9/c1-17-14-38(16-32-17)22-7-8-31-27-25(22)33-28(34-27)26-23-21(35-36-26)6-5-20(24(23)29)19-11-18(12-30-13-19)15-37-9-3-2-4-10-37/h5-8,11-14,16H,2-4,9-10,15H2,1H3,(H,35,36)(H,31,33,34). The fourth-order valence-corrected chi connectivity index (χ4v) is 5.34. The highest BCUT2D eigenvalue weighted by Gasteiger charge is 2.21. The summed E-state index contributed by atoms with van der Waals surface area (Å²) in [5.74, 6) is 0.0816. The van der Waals surface area contributed by atoms with Gasteiger partial charge >= 0.3 is 0 Å². The fourth-order valence-electron chi connectivity index (χ4n) is 5.34. The normalized spacial score (nSPS) is 14.6. The van der Waals surface area contributed by atoms with Gasteiger partial charge in [0.15, 0.2) is 11.5 Å². The number of hydrogen-bond acceptors (Lipinski definition) is 6. The number of hydrogen-bond donors (Lipinski definition) is 2. The van der Waals surface area contributed by atoms with E-state index in [0.29, 0.717) is 33.6 Å². The van der Waals surface area contributed by atoms with Crippen LogP contribution in [0.3, 0.4) is 0 Å². The van der Waals surface area contributed by atoms with Crippen molar-refractivity contribution in [3.63, 3.8) is 0 Å². The van der Waals surface area contributed by atoms with Gasteiger partial charge in [0, 0.05) is 42.5 Å². The van der Waals surface area contributed by atoms with Crippen molar-refractivity contribution in [3.05, 3.63) is 72.5 Å². The summed E-state index contributed by atoms with van der Waals surface area (Å²) in [5, 5.41) is 7.77. The van der Waals surface area contributed by atoms with Crippen molar-refractivity contribution in [2.75, 3.05) is 13.1 Å². The van der Waals surface area contributed by atoms with Crippen molar-refractivity contribution < 1.29 is 4.39 Å². The summed E-state index contributed by atoms with van der Waals surface area (Å²) < 4.78 is 18.1. The van der Waals surface area contributed by atoms with Crippen LogP contribution < -0.4 is 0 Å². The Labute approximate surface area is 217 Å². The van der Waals surface area contributed by atoms with Gasteiger partial charge in [0.25, 0.3) is 0 Å². The number of rotatable bonds is 5. The third kappa shape index (κ3) is 3.93. The number of aryl methyl sites for hydroxylation is 1. The molecule has 1 saturated heterocycles. The molecule has 0 amide bonds. The number of aromatic nitrogens is 8. The Kier molecular flexibility index (Phi) is 5.47. The molecular weight excluding hydrogens is 481 g/mol. The zero-order valence-corrected chi connectivity index (χ0v) is 20.9. The van der Waals surface area contributed by atoms with Gasteiger partial charge in [-0.25, -0.2) is 19.3 Å². The predicted octanol–water partition coefficient (Wildman–Crippen LogP) is 5.18. The Morgan fingerprint density at radius 2 is 1.95 bits per heavy atom. The lowest BCUT2D eigenvalue weighted by Crippen LogP contribution is -2.29. The second kappa shape index (κ2) is 9.14. The van der Waals surface area contributed by atoms with Crippen LogP contribution in [0.5, 0.6) is 0 Å². The molecule has 1 fully saturated rings. The van der Waals surface area contributed by atoms with Crippen LogP contribution in [0.15, 0.2) is 55.4 Å². The molecule has 2 N–H and O–H groups in total. The number of piperidine rings is 1. The first kappa shape index (κ1) is 22.7. The Hall–Kier alpha value is -4.44. The average Bonchev–Trinajstić information content (AvgIpc) is 3.67. The van der Waals surface area contributed by atoms with Gasteiger partial charge in [0.1, 0.15) is 17.0 Å². The van der Waals surface area contributed by atoms with E-state index in [1.54, 1.807) is 24.8 Å². The maximum Gasteiger partial charge on any atom is 0.180 e. The summed E-state index contributed by atoms with van der Waals surface area (Å²) in [5.41, 5.74) is 6.31. The molecule has 6 aromatic rings. The molecular formula is C28H26FN9. The van der Waals surface area contributed by atoms with Gasteiger partial charge < -0.3 is 9.55 Å². The van der Waals surface area contributed by atoms with Crippen molar-refractivity contribution >= 4 is 22.1 Å². The number of benzene rings is 1. The van der Waals surface area contributed by atoms with E-state index >= 15 is 4.39 Å². The van der Waals surface area contributed by atoms with Crippen molar-refractivity contribution in [3.8, 4) is 28.3 Å². The second-order valence-corrected chi connectivity index (χ2v) is 9.88. The fraction of sp³-hybridized carbons (Fsp3) is 0.250. The highest BCUT2D eigenvalue weighted by molar-refractivity contribution is 5.96. The largest absolute Gasteiger partial charge is 0.333 e. The van der Waals surface area contributed by atoms with Crippen LogP contribution in [-0.4, -0.2) is 57.7 Å². The molecule has 0 aliphatic carbocycles. The van der Waals surface area contributed by atoms with E-state index in [4.69, 9.17) is 0 Å². The molecule has 7 rings (SSSR count). The Morgan fingerprint density at radius 1 is 1.05 bits per heavy atom. The number of imidazole rings is 2. The van der Waals surface area contributed by atoms with Crippen LogP contribution in [0.25, 0.3) is 50.4 Å². The SMILES string of the molecule is Cc1cn(-c2ccnc3nc(-c4n[nH]c5ccc(-c6cncc(CN7CCCCC7)c6)c(F)c45)[nH]c23)cn1. The van der Waals surface area contributed by atoms with E-state index in [0.717, 1.165) is 47.7 Å². The molecule has 9 nitrogen and oxygen atoms in total. The quantitative estimate of drug-likeness (QED) is 0.333. The van der Waals surface area contributed by atoms with Crippen molar-refractivity contribution in [2.45, 2.75) is 32.7 Å². The molecule has 1 aromatic carbocycles. The number of fused-ring (bicyclic) bond motifs is 2. The first-order valence-electron chi connectivity index (χ1n) is 12.8. The van der Waals surface area contributed by atoms with Crippen LogP contribution in [0.2, 0.25) is 0 Å². The summed E-state index contributed by atoms with van der Waals surface area (Å²) in [6.45, 7) is 4.95. The summed E-state index contributed by atoms with van der Waals surface area (Å²) in [7, 11) is 0. The number of nitrogens with zero attached hydrogens (tertiary/aromatic N) is 7. The summed E-state index contributed by atoms with van der Waals surface area (Å²) in [4.78, 5) is 23.6. The van der Waals surface area contributed by atoms with E-state index < -0.39 is 0 Å². The van der Waals surface area contributed by atoms with Crippen molar-refractivity contribution in [1.29, 1.82) is 0 Å². The summed E-state index contributed by atoms with van der Waals surface area (Å²) >= 11 is 0. The Bertz CT molecular complexity index is 1770. The lowest BCUT2D eigenvalue weighted by Gasteiger charge is -2.26. The van der Waals surface area contributed by atoms with Crippen molar-refractivity contribution in [2.24, 2.45) is 0 Å². The van der Waals surface area contributed by atoms with Gasteiger partial charge in [0.2, 0.25) is 0 Å². The van der Waals surface area contributed by atoms with E-state index in [1.807, 2.05) is 42.1 Å². The Balaban J connectivity index is 1.29. The van der Waals surface area contributed by atoms with Crippen LogP contribution in [0, 0.1) is 12.7 Å². The molecule has 0 atom stereocenters. The zero-order chi connectivity index (χ0) is 25.6. The molecule has 38 heavy (non-hydrogen) atoms. The molecule has 190 valence electrons. The molecule has 0 bridgehead atoms. The maximum atomic E-state index is 16.2. The minimum atomic E-state index is -0.359. The van der Waals surface area contributed by atoms with Crippen LogP contribution in [0.1, 0.15) is 30.5 Å². The Morgan fingerprint density at radius 3 is 2.79 bits per heavy atom. The van der Waals surface area contributed by atoms with Gasteiger partial charge in [-0.1, -0.05) is 6.42 Å². The first-order chi connectivity index (χ1) is 18.6. The lowest BCUT2D eigenvalue weighted by atomic mass is 10.0. The molecule has 10 heteroatoms. The van der Waals surface area contributed by atoms with E-state index in [-0.39, 0.29) is 5.82 Å². The predicted molar refractivity (Wildman–Crippen MR) is 143 cm³/mol. The van der Waals surface area contributed by atoms with Gasteiger partial charge in [-0.15, -0.1) is 0 Å². The maximum absolute atomic E-state index is 16.2. The third-order valence-corrected chi connectivity index (χ3v) is 7.21. The molecule has 0 radical (unpaired) electrons. The van der Waals surface area contributed by atoms with E-state index in [2.05, 4.69) is 40.0 Å². The zero-order valence-electron chi connectivity index (χ0n) is 20.9. The molecule has 0 unspecified atom stereocenters. The first-order valence-corrected chi connectivity index (χ1v) is 12.8.